The van der Waals surface area contributed by atoms with E-state index < -0.39 is 41.2 Å². The summed E-state index contributed by atoms with van der Waals surface area (Å²) in [5.74, 6) is -2.22. The van der Waals surface area contributed by atoms with Gasteiger partial charge in [0.15, 0.2) is 5.78 Å². The zero-order chi connectivity index (χ0) is 24.4. The maximum atomic E-state index is 13.0. The summed E-state index contributed by atoms with van der Waals surface area (Å²) in [6, 6.07) is -1.00. The number of carbonyl (C=O) groups excluding carboxylic acids is 4. The van der Waals surface area contributed by atoms with Crippen molar-refractivity contribution in [1.82, 2.24) is 5.32 Å². The fourth-order valence-corrected chi connectivity index (χ4v) is 2.62. The van der Waals surface area contributed by atoms with Crippen LogP contribution in [0, 0.1) is 11.8 Å². The Morgan fingerprint density at radius 1 is 0.968 bits per heavy atom. The molecule has 0 rings (SSSR count). The lowest BCUT2D eigenvalue weighted by Crippen LogP contribution is -2.45. The van der Waals surface area contributed by atoms with Crippen LogP contribution < -0.4 is 5.32 Å². The maximum absolute atomic E-state index is 13.0. The molecule has 0 aromatic rings. The number of nitrogens with one attached hydrogen (secondary N) is 1. The van der Waals surface area contributed by atoms with Crippen molar-refractivity contribution in [3.8, 4) is 0 Å². The van der Waals surface area contributed by atoms with Crippen LogP contribution in [0.5, 0.6) is 0 Å². The summed E-state index contributed by atoms with van der Waals surface area (Å²) in [6.45, 7) is 17.5. The first kappa shape index (κ1) is 28.6. The Balaban J connectivity index is 5.35. The predicted octanol–water partition coefficient (Wildman–Crippen LogP) is 3.96. The molecule has 8 heteroatoms. The van der Waals surface area contributed by atoms with Crippen molar-refractivity contribution in [1.29, 1.82) is 0 Å². The van der Waals surface area contributed by atoms with Gasteiger partial charge < -0.3 is 19.5 Å². The van der Waals surface area contributed by atoms with Crippen LogP contribution in [0.25, 0.3) is 0 Å². The molecule has 0 radical (unpaired) electrons. The molecule has 0 aromatic carbocycles. The van der Waals surface area contributed by atoms with E-state index in [9.17, 15) is 19.2 Å². The van der Waals surface area contributed by atoms with Crippen molar-refractivity contribution in [3.63, 3.8) is 0 Å². The van der Waals surface area contributed by atoms with Crippen LogP contribution in [0.4, 0.5) is 4.79 Å². The predicted molar refractivity (Wildman–Crippen MR) is 117 cm³/mol. The van der Waals surface area contributed by atoms with Gasteiger partial charge in [0.2, 0.25) is 0 Å². The number of amides is 1. The average Bonchev–Trinajstić information content (AvgIpc) is 2.57. The van der Waals surface area contributed by atoms with Gasteiger partial charge in [-0.1, -0.05) is 26.5 Å². The Morgan fingerprint density at radius 2 is 1.52 bits per heavy atom. The largest absolute Gasteiger partial charge is 0.461 e. The van der Waals surface area contributed by atoms with Gasteiger partial charge in [-0.2, -0.15) is 0 Å². The molecular weight excluding hydrogens is 402 g/mol. The van der Waals surface area contributed by atoms with E-state index in [0.717, 1.165) is 0 Å². The van der Waals surface area contributed by atoms with Gasteiger partial charge in [0.25, 0.3) is 0 Å². The number of ether oxygens (including phenoxy) is 3. The Kier molecular flexibility index (Phi) is 11.5. The summed E-state index contributed by atoms with van der Waals surface area (Å²) >= 11 is 0. The SMILES string of the molecule is C=CCOC(=O)[C@@H](CC(=O)[C@H](CCC(=O)OC(C)(C)C)NC(=O)OC(C)(C)C)C(C)C. The Hall–Kier alpha value is -2.38. The molecule has 31 heavy (non-hydrogen) atoms. The number of carbonyl (C=O) groups is 4. The fraction of sp³-hybridized carbons (Fsp3) is 0.739. The van der Waals surface area contributed by atoms with Gasteiger partial charge in [-0.25, -0.2) is 4.79 Å². The number of esters is 2. The minimum Gasteiger partial charge on any atom is -0.461 e. The van der Waals surface area contributed by atoms with E-state index in [1.807, 2.05) is 13.8 Å². The normalized spacial score (nSPS) is 13.7. The average molecular weight is 442 g/mol. The van der Waals surface area contributed by atoms with Crippen LogP contribution in [0.1, 0.15) is 74.7 Å². The second kappa shape index (κ2) is 12.5. The van der Waals surface area contributed by atoms with Crippen molar-refractivity contribution >= 4 is 23.8 Å². The van der Waals surface area contributed by atoms with Gasteiger partial charge in [0.05, 0.1) is 12.0 Å². The Bertz CT molecular complexity index is 641. The number of alkyl carbamates (subject to hydrolysis) is 1. The summed E-state index contributed by atoms with van der Waals surface area (Å²) in [6.07, 6.45) is 0.495. The van der Waals surface area contributed by atoms with E-state index in [2.05, 4.69) is 11.9 Å². The zero-order valence-corrected chi connectivity index (χ0v) is 20.2. The molecule has 0 aliphatic heterocycles. The van der Waals surface area contributed by atoms with Crippen LogP contribution >= 0.6 is 0 Å². The van der Waals surface area contributed by atoms with E-state index in [-0.39, 0.29) is 37.6 Å². The van der Waals surface area contributed by atoms with Gasteiger partial charge >= 0.3 is 18.0 Å². The second-order valence-corrected chi connectivity index (χ2v) is 9.76. The summed E-state index contributed by atoms with van der Waals surface area (Å²) in [4.78, 5) is 49.6. The molecule has 178 valence electrons. The molecule has 0 aliphatic carbocycles. The molecule has 2 atom stereocenters. The smallest absolute Gasteiger partial charge is 0.408 e. The lowest BCUT2D eigenvalue weighted by Gasteiger charge is -2.25. The minimum atomic E-state index is -1.00. The van der Waals surface area contributed by atoms with Crippen LogP contribution in [0.2, 0.25) is 0 Å². The molecule has 0 saturated carbocycles. The molecule has 0 heterocycles. The van der Waals surface area contributed by atoms with Crippen molar-refractivity contribution < 1.29 is 33.4 Å². The lowest BCUT2D eigenvalue weighted by atomic mass is 9.88. The molecule has 0 spiro atoms. The Labute approximate surface area is 186 Å². The molecule has 1 amide bonds. The third-order valence-corrected chi connectivity index (χ3v) is 4.01. The zero-order valence-electron chi connectivity index (χ0n) is 20.2. The molecule has 0 saturated heterocycles. The number of hydrogen-bond donors (Lipinski definition) is 1. The quantitative estimate of drug-likeness (QED) is 0.294. The maximum Gasteiger partial charge on any atom is 0.408 e. The fourth-order valence-electron chi connectivity index (χ4n) is 2.62. The summed E-state index contributed by atoms with van der Waals surface area (Å²) in [5.41, 5.74) is -1.41. The molecule has 0 aliphatic rings. The van der Waals surface area contributed by atoms with Crippen LogP contribution in [-0.4, -0.2) is 47.7 Å². The van der Waals surface area contributed by atoms with E-state index in [1.165, 1.54) is 6.08 Å². The minimum absolute atomic E-state index is 0.0273. The molecule has 0 bridgehead atoms. The van der Waals surface area contributed by atoms with Gasteiger partial charge in [-0.05, 0) is 53.9 Å². The molecule has 8 nitrogen and oxygen atoms in total. The van der Waals surface area contributed by atoms with E-state index in [4.69, 9.17) is 14.2 Å². The monoisotopic (exact) mass is 441 g/mol. The third kappa shape index (κ3) is 13.5. The van der Waals surface area contributed by atoms with Gasteiger partial charge in [-0.15, -0.1) is 0 Å². The molecule has 0 unspecified atom stereocenters. The highest BCUT2D eigenvalue weighted by molar-refractivity contribution is 5.91. The summed E-state index contributed by atoms with van der Waals surface area (Å²) in [7, 11) is 0. The van der Waals surface area contributed by atoms with E-state index in [1.54, 1.807) is 41.5 Å². The van der Waals surface area contributed by atoms with Gasteiger partial charge in [0, 0.05) is 12.8 Å². The van der Waals surface area contributed by atoms with Gasteiger partial charge in [-0.3, -0.25) is 14.4 Å². The first-order valence-corrected chi connectivity index (χ1v) is 10.6. The first-order chi connectivity index (χ1) is 14.1. The third-order valence-electron chi connectivity index (χ3n) is 4.01. The highest BCUT2D eigenvalue weighted by Gasteiger charge is 2.32. The topological polar surface area (TPSA) is 108 Å². The summed E-state index contributed by atoms with van der Waals surface area (Å²) in [5, 5.41) is 2.53. The van der Waals surface area contributed by atoms with E-state index >= 15 is 0 Å². The summed E-state index contributed by atoms with van der Waals surface area (Å²) < 4.78 is 15.6. The highest BCUT2D eigenvalue weighted by atomic mass is 16.6. The van der Waals surface area contributed by atoms with E-state index in [0.29, 0.717) is 0 Å². The van der Waals surface area contributed by atoms with Crippen LogP contribution in [0.3, 0.4) is 0 Å². The molecule has 0 fully saturated rings. The Morgan fingerprint density at radius 3 is 1.97 bits per heavy atom. The number of ketones is 1. The van der Waals surface area contributed by atoms with Gasteiger partial charge in [0.1, 0.15) is 17.8 Å². The van der Waals surface area contributed by atoms with Crippen LogP contribution in [0.15, 0.2) is 12.7 Å². The first-order valence-electron chi connectivity index (χ1n) is 10.6. The van der Waals surface area contributed by atoms with Crippen molar-refractivity contribution in [2.24, 2.45) is 11.8 Å². The highest BCUT2D eigenvalue weighted by Crippen LogP contribution is 2.20. The standard InChI is InChI=1S/C23H39NO7/c1-10-13-29-20(27)16(15(2)3)14-18(25)17(24-21(28)31-23(7,8)9)11-12-19(26)30-22(4,5)6/h10,15-17H,1,11-14H2,2-9H3,(H,24,28)/t16-,17-/m0/s1. The number of hydrogen-bond acceptors (Lipinski definition) is 7. The van der Waals surface area contributed by atoms with Crippen molar-refractivity contribution in [2.75, 3.05) is 6.61 Å². The molecule has 0 aromatic heterocycles. The van der Waals surface area contributed by atoms with Crippen molar-refractivity contribution in [2.45, 2.75) is 91.9 Å². The number of Topliss-reactive ketones (excluding diaryl/α,β-unsaturated/α-hetero) is 1. The lowest BCUT2D eigenvalue weighted by molar-refractivity contribution is -0.155. The van der Waals surface area contributed by atoms with Crippen LogP contribution in [-0.2, 0) is 28.6 Å². The second-order valence-electron chi connectivity index (χ2n) is 9.76. The van der Waals surface area contributed by atoms with Crippen molar-refractivity contribution in [3.05, 3.63) is 12.7 Å². The molecule has 1 N–H and O–H groups in total. The molecular formula is C23H39NO7. The number of rotatable bonds is 11.